The number of azo groups is 1. The fourth-order valence-electron chi connectivity index (χ4n) is 2.85. The molecule has 3 rings (SSSR count). The summed E-state index contributed by atoms with van der Waals surface area (Å²) >= 11 is 0. The maximum atomic E-state index is 12.4. The van der Waals surface area contributed by atoms with Gasteiger partial charge >= 0.3 is 0 Å². The van der Waals surface area contributed by atoms with E-state index < -0.39 is 22.5 Å². The van der Waals surface area contributed by atoms with Gasteiger partial charge in [0.25, 0.3) is 5.91 Å². The molecular formula is C19H20N4O6S. The zero-order chi connectivity index (χ0) is 21.9. The predicted octanol–water partition coefficient (Wildman–Crippen LogP) is 2.97. The number of aromatic hydroxyl groups is 1. The van der Waals surface area contributed by atoms with Crippen LogP contribution >= 0.6 is 0 Å². The second-order valence-corrected chi connectivity index (χ2v) is 8.18. The number of anilines is 1. The molecule has 11 heteroatoms. The number of carbonyl (C=O) groups is 1. The number of aromatic nitrogens is 1. The van der Waals surface area contributed by atoms with Crippen molar-refractivity contribution >= 4 is 38.2 Å². The first kappa shape index (κ1) is 21.1. The van der Waals surface area contributed by atoms with Gasteiger partial charge in [0, 0.05) is 11.5 Å². The SMILES string of the molecule is COc1ccc(N(CC(=O)N=Nc2c(O)[nH]c3ccccc23)S(C)(=O)=O)c(OC)c1. The summed E-state index contributed by atoms with van der Waals surface area (Å²) in [4.78, 5) is 15.1. The van der Waals surface area contributed by atoms with Crippen LogP contribution in [-0.2, 0) is 14.8 Å². The van der Waals surface area contributed by atoms with E-state index in [0.717, 1.165) is 10.6 Å². The van der Waals surface area contributed by atoms with Crippen molar-refractivity contribution < 1.29 is 27.8 Å². The second kappa shape index (κ2) is 8.41. The number of hydrogen-bond acceptors (Lipinski definition) is 7. The van der Waals surface area contributed by atoms with E-state index >= 15 is 0 Å². The van der Waals surface area contributed by atoms with E-state index in [1.165, 1.54) is 26.4 Å². The molecule has 0 aliphatic heterocycles. The minimum absolute atomic E-state index is 0.0897. The minimum atomic E-state index is -3.85. The Kier molecular flexibility index (Phi) is 5.92. The number of carbonyl (C=O) groups excluding carboxylic acids is 1. The lowest BCUT2D eigenvalue weighted by atomic mass is 10.2. The number of hydrogen-bond donors (Lipinski definition) is 2. The van der Waals surface area contributed by atoms with Crippen molar-refractivity contribution in [2.24, 2.45) is 10.2 Å². The van der Waals surface area contributed by atoms with E-state index in [2.05, 4.69) is 15.2 Å². The minimum Gasteiger partial charge on any atom is -0.497 e. The third-order valence-corrected chi connectivity index (χ3v) is 5.38. The molecule has 0 saturated heterocycles. The third-order valence-electron chi connectivity index (χ3n) is 4.26. The highest BCUT2D eigenvalue weighted by Crippen LogP contribution is 2.36. The molecule has 0 atom stereocenters. The molecule has 158 valence electrons. The standard InChI is InChI=1S/C19H20N4O6S/c1-28-12-8-9-15(16(10-12)29-2)23(30(3,26)27)11-17(24)21-22-18-13-6-4-5-7-14(13)20-19(18)25/h4-10,20,25H,11H2,1-3H3. The molecule has 2 N–H and O–H groups in total. The van der Waals surface area contributed by atoms with Crippen LogP contribution < -0.4 is 13.8 Å². The lowest BCUT2D eigenvalue weighted by Gasteiger charge is -2.23. The van der Waals surface area contributed by atoms with Crippen LogP contribution in [0.4, 0.5) is 11.4 Å². The summed E-state index contributed by atoms with van der Waals surface area (Å²) in [6, 6.07) is 11.5. The van der Waals surface area contributed by atoms with Crippen LogP contribution in [0.15, 0.2) is 52.7 Å². The fourth-order valence-corrected chi connectivity index (χ4v) is 3.70. The molecule has 0 unspecified atom stereocenters. The summed E-state index contributed by atoms with van der Waals surface area (Å²) in [6.45, 7) is -0.603. The van der Waals surface area contributed by atoms with Crippen LogP contribution in [0.2, 0.25) is 0 Å². The normalized spacial score (nSPS) is 11.7. The Morgan fingerprint density at radius 2 is 1.90 bits per heavy atom. The highest BCUT2D eigenvalue weighted by molar-refractivity contribution is 7.92. The lowest BCUT2D eigenvalue weighted by molar-refractivity contribution is -0.116. The summed E-state index contributed by atoms with van der Waals surface area (Å²) in [6.07, 6.45) is 0.965. The summed E-state index contributed by atoms with van der Waals surface area (Å²) in [7, 11) is -1.01. The smallest absolute Gasteiger partial charge is 0.285 e. The van der Waals surface area contributed by atoms with E-state index in [9.17, 15) is 18.3 Å². The number of para-hydroxylation sites is 1. The third kappa shape index (κ3) is 4.35. The van der Waals surface area contributed by atoms with Crippen molar-refractivity contribution in [1.82, 2.24) is 4.98 Å². The van der Waals surface area contributed by atoms with Gasteiger partial charge in [0.15, 0.2) is 5.69 Å². The topological polar surface area (TPSA) is 134 Å². The molecule has 1 aromatic heterocycles. The summed E-state index contributed by atoms with van der Waals surface area (Å²) in [5.41, 5.74) is 0.864. The van der Waals surface area contributed by atoms with E-state index in [4.69, 9.17) is 9.47 Å². The van der Waals surface area contributed by atoms with Crippen LogP contribution in [-0.4, -0.2) is 51.4 Å². The first-order valence-corrected chi connectivity index (χ1v) is 10.5. The molecule has 0 aliphatic rings. The predicted molar refractivity (Wildman–Crippen MR) is 111 cm³/mol. The molecule has 0 saturated carbocycles. The van der Waals surface area contributed by atoms with Crippen molar-refractivity contribution in [3.05, 3.63) is 42.5 Å². The van der Waals surface area contributed by atoms with Crippen LogP contribution in [0, 0.1) is 0 Å². The van der Waals surface area contributed by atoms with Crippen molar-refractivity contribution in [3.63, 3.8) is 0 Å². The van der Waals surface area contributed by atoms with E-state index in [-0.39, 0.29) is 23.0 Å². The number of rotatable bonds is 7. The van der Waals surface area contributed by atoms with Gasteiger partial charge in [-0.05, 0) is 18.2 Å². The van der Waals surface area contributed by atoms with E-state index in [1.807, 2.05) is 0 Å². The van der Waals surface area contributed by atoms with Gasteiger partial charge < -0.3 is 19.6 Å². The van der Waals surface area contributed by atoms with Crippen molar-refractivity contribution in [1.29, 1.82) is 0 Å². The van der Waals surface area contributed by atoms with Gasteiger partial charge in [-0.1, -0.05) is 18.2 Å². The number of nitrogens with zero attached hydrogens (tertiary/aromatic N) is 3. The Morgan fingerprint density at radius 1 is 1.17 bits per heavy atom. The Morgan fingerprint density at radius 3 is 2.57 bits per heavy atom. The zero-order valence-corrected chi connectivity index (χ0v) is 17.3. The summed E-state index contributed by atoms with van der Waals surface area (Å²) in [5, 5.41) is 18.0. The van der Waals surface area contributed by atoms with Gasteiger partial charge in [-0.15, -0.1) is 10.2 Å². The Hall–Kier alpha value is -3.60. The number of benzene rings is 2. The average Bonchev–Trinajstić information content (AvgIpc) is 3.04. The Labute approximate surface area is 172 Å². The number of ether oxygens (including phenoxy) is 2. The first-order chi connectivity index (χ1) is 14.2. The monoisotopic (exact) mass is 432 g/mol. The molecule has 2 aromatic carbocycles. The molecule has 1 amide bonds. The van der Waals surface area contributed by atoms with Crippen LogP contribution in [0.3, 0.4) is 0 Å². The van der Waals surface area contributed by atoms with Gasteiger partial charge in [-0.2, -0.15) is 0 Å². The highest BCUT2D eigenvalue weighted by Gasteiger charge is 2.24. The lowest BCUT2D eigenvalue weighted by Crippen LogP contribution is -2.34. The molecule has 10 nitrogen and oxygen atoms in total. The molecule has 3 aromatic rings. The molecular weight excluding hydrogens is 412 g/mol. The Balaban J connectivity index is 1.90. The number of methoxy groups -OCH3 is 2. The Bertz CT molecular complexity index is 1220. The first-order valence-electron chi connectivity index (χ1n) is 8.68. The van der Waals surface area contributed by atoms with Gasteiger partial charge in [0.05, 0.1) is 31.7 Å². The molecule has 0 bridgehead atoms. The van der Waals surface area contributed by atoms with Crippen molar-refractivity contribution in [2.75, 3.05) is 31.3 Å². The van der Waals surface area contributed by atoms with Gasteiger partial charge in [0.2, 0.25) is 15.9 Å². The zero-order valence-electron chi connectivity index (χ0n) is 16.5. The summed E-state index contributed by atoms with van der Waals surface area (Å²) < 4.78 is 35.9. The number of sulfonamides is 1. The fraction of sp³-hybridized carbons (Fsp3) is 0.211. The highest BCUT2D eigenvalue weighted by atomic mass is 32.2. The molecule has 0 aliphatic carbocycles. The largest absolute Gasteiger partial charge is 0.497 e. The van der Waals surface area contributed by atoms with Crippen molar-refractivity contribution in [2.45, 2.75) is 0 Å². The number of fused-ring (bicyclic) bond motifs is 1. The number of amides is 1. The average molecular weight is 432 g/mol. The van der Waals surface area contributed by atoms with Crippen molar-refractivity contribution in [3.8, 4) is 17.4 Å². The molecule has 1 heterocycles. The molecule has 0 fully saturated rings. The molecule has 0 spiro atoms. The number of nitrogens with one attached hydrogen (secondary N) is 1. The van der Waals surface area contributed by atoms with E-state index in [1.54, 1.807) is 30.3 Å². The molecule has 0 radical (unpaired) electrons. The quantitative estimate of drug-likeness (QED) is 0.551. The van der Waals surface area contributed by atoms with Crippen LogP contribution in [0.1, 0.15) is 0 Å². The van der Waals surface area contributed by atoms with Gasteiger partial charge in [-0.3, -0.25) is 9.10 Å². The summed E-state index contributed by atoms with van der Waals surface area (Å²) in [5.74, 6) is -0.406. The number of aromatic amines is 1. The van der Waals surface area contributed by atoms with Crippen LogP contribution in [0.25, 0.3) is 10.9 Å². The van der Waals surface area contributed by atoms with Crippen LogP contribution in [0.5, 0.6) is 17.4 Å². The number of H-pyrrole nitrogens is 1. The van der Waals surface area contributed by atoms with Gasteiger partial charge in [0.1, 0.15) is 18.0 Å². The second-order valence-electron chi connectivity index (χ2n) is 6.27. The van der Waals surface area contributed by atoms with E-state index in [0.29, 0.717) is 16.7 Å². The van der Waals surface area contributed by atoms with Gasteiger partial charge in [-0.25, -0.2) is 8.42 Å². The maximum Gasteiger partial charge on any atom is 0.285 e. The maximum absolute atomic E-state index is 12.4. The molecule has 30 heavy (non-hydrogen) atoms.